The first-order valence-corrected chi connectivity index (χ1v) is 11.2. The van der Waals surface area contributed by atoms with E-state index in [-0.39, 0.29) is 12.0 Å². The fraction of sp³-hybridized carbons (Fsp3) is 0.591. The van der Waals surface area contributed by atoms with Gasteiger partial charge in [-0.25, -0.2) is 4.79 Å². The monoisotopic (exact) mass is 432 g/mol. The SMILES string of the molecule is CN(CC1CCCN(CC(=O)Nc2ccccc2SCC#N)C1)C(=O)OC(C)(C)C. The molecule has 1 N–H and O–H groups in total. The van der Waals surface area contributed by atoms with Crippen molar-refractivity contribution in [3.8, 4) is 6.07 Å². The molecule has 1 aliphatic rings. The van der Waals surface area contributed by atoms with E-state index in [4.69, 9.17) is 10.00 Å². The summed E-state index contributed by atoms with van der Waals surface area (Å²) in [5.74, 6) is 0.579. The van der Waals surface area contributed by atoms with E-state index in [0.717, 1.165) is 36.5 Å². The Labute approximate surface area is 183 Å². The molecular formula is C22H32N4O3S. The lowest BCUT2D eigenvalue weighted by atomic mass is 9.97. The topological polar surface area (TPSA) is 85.7 Å². The van der Waals surface area contributed by atoms with Crippen LogP contribution in [0, 0.1) is 17.2 Å². The van der Waals surface area contributed by atoms with Crippen LogP contribution in [-0.4, -0.2) is 66.4 Å². The summed E-state index contributed by atoms with van der Waals surface area (Å²) in [4.78, 5) is 29.4. The molecule has 8 heteroatoms. The molecule has 0 saturated carbocycles. The molecule has 1 atom stereocenters. The Morgan fingerprint density at radius 2 is 2.10 bits per heavy atom. The second-order valence-electron chi connectivity index (χ2n) is 8.60. The van der Waals surface area contributed by atoms with Gasteiger partial charge in [0.2, 0.25) is 5.91 Å². The van der Waals surface area contributed by atoms with Gasteiger partial charge < -0.3 is 15.0 Å². The van der Waals surface area contributed by atoms with E-state index >= 15 is 0 Å². The summed E-state index contributed by atoms with van der Waals surface area (Å²) >= 11 is 1.41. The molecule has 0 aromatic heterocycles. The molecule has 30 heavy (non-hydrogen) atoms. The molecule has 1 aromatic rings. The van der Waals surface area contributed by atoms with E-state index in [1.807, 2.05) is 45.0 Å². The summed E-state index contributed by atoms with van der Waals surface area (Å²) in [5, 5.41) is 11.8. The number of amides is 2. The molecule has 7 nitrogen and oxygen atoms in total. The number of anilines is 1. The van der Waals surface area contributed by atoms with E-state index in [9.17, 15) is 9.59 Å². The standard InChI is InChI=1S/C22H32N4O3S/c1-22(2,3)29-21(28)25(4)14-17-8-7-12-26(15-17)16-20(27)24-18-9-5-6-10-19(18)30-13-11-23/h5-6,9-10,17H,7-8,12-16H2,1-4H3,(H,24,27). The number of benzene rings is 1. The lowest BCUT2D eigenvalue weighted by Crippen LogP contribution is -2.45. The van der Waals surface area contributed by atoms with Crippen LogP contribution in [0.1, 0.15) is 33.6 Å². The normalized spacial score (nSPS) is 17.1. The van der Waals surface area contributed by atoms with Crippen LogP contribution in [0.5, 0.6) is 0 Å². The van der Waals surface area contributed by atoms with Gasteiger partial charge in [-0.2, -0.15) is 5.26 Å². The Bertz CT molecular complexity index is 772. The Balaban J connectivity index is 1.85. The summed E-state index contributed by atoms with van der Waals surface area (Å²) in [6.07, 6.45) is 1.71. The summed E-state index contributed by atoms with van der Waals surface area (Å²) in [7, 11) is 1.76. The van der Waals surface area contributed by atoms with Crippen molar-refractivity contribution in [2.45, 2.75) is 44.1 Å². The van der Waals surface area contributed by atoms with Gasteiger partial charge in [0.1, 0.15) is 5.60 Å². The molecule has 1 aliphatic heterocycles. The number of hydrogen-bond acceptors (Lipinski definition) is 6. The average molecular weight is 433 g/mol. The minimum Gasteiger partial charge on any atom is -0.444 e. The first-order chi connectivity index (χ1) is 14.2. The highest BCUT2D eigenvalue weighted by atomic mass is 32.2. The highest BCUT2D eigenvalue weighted by molar-refractivity contribution is 7.99. The van der Waals surface area contributed by atoms with Crippen molar-refractivity contribution in [3.63, 3.8) is 0 Å². The summed E-state index contributed by atoms with van der Waals surface area (Å²) in [6, 6.07) is 9.63. The van der Waals surface area contributed by atoms with Gasteiger partial charge in [0, 0.05) is 25.0 Å². The van der Waals surface area contributed by atoms with Crippen molar-refractivity contribution >= 4 is 29.4 Å². The van der Waals surface area contributed by atoms with Crippen molar-refractivity contribution in [1.82, 2.24) is 9.80 Å². The van der Waals surface area contributed by atoms with Gasteiger partial charge in [0.25, 0.3) is 0 Å². The summed E-state index contributed by atoms with van der Waals surface area (Å²) in [5.41, 5.74) is 0.227. The number of rotatable bonds is 7. The predicted octanol–water partition coefficient (Wildman–Crippen LogP) is 3.82. The number of thioether (sulfide) groups is 1. The number of carbonyl (C=O) groups excluding carboxylic acids is 2. The third kappa shape index (κ3) is 8.25. The number of nitrogens with one attached hydrogen (secondary N) is 1. The maximum Gasteiger partial charge on any atom is 0.410 e. The Hall–Kier alpha value is -2.24. The number of piperidine rings is 1. The van der Waals surface area contributed by atoms with Crippen LogP contribution < -0.4 is 5.32 Å². The number of likely N-dealkylation sites (tertiary alicyclic amines) is 1. The number of nitrogens with zero attached hydrogens (tertiary/aromatic N) is 3. The number of hydrogen-bond donors (Lipinski definition) is 1. The Morgan fingerprint density at radius 1 is 1.37 bits per heavy atom. The molecule has 0 aliphatic carbocycles. The van der Waals surface area contributed by atoms with E-state index in [2.05, 4.69) is 16.3 Å². The minimum absolute atomic E-state index is 0.0684. The first kappa shape index (κ1) is 24.0. The highest BCUT2D eigenvalue weighted by Gasteiger charge is 2.26. The summed E-state index contributed by atoms with van der Waals surface area (Å²) in [6.45, 7) is 8.13. The van der Waals surface area contributed by atoms with E-state index in [1.165, 1.54) is 11.8 Å². The van der Waals surface area contributed by atoms with Gasteiger partial charge in [-0.1, -0.05) is 12.1 Å². The number of nitriles is 1. The fourth-order valence-electron chi connectivity index (χ4n) is 3.44. The Morgan fingerprint density at radius 3 is 2.80 bits per heavy atom. The molecule has 2 rings (SSSR count). The third-order valence-electron chi connectivity index (χ3n) is 4.66. The molecule has 1 unspecified atom stereocenters. The summed E-state index contributed by atoms with van der Waals surface area (Å²) < 4.78 is 5.43. The molecule has 2 amide bonds. The van der Waals surface area contributed by atoms with Gasteiger partial charge in [0.05, 0.1) is 24.1 Å². The second-order valence-corrected chi connectivity index (χ2v) is 9.61. The molecule has 1 heterocycles. The van der Waals surface area contributed by atoms with E-state index < -0.39 is 5.60 Å². The molecular weight excluding hydrogens is 400 g/mol. The average Bonchev–Trinajstić information content (AvgIpc) is 2.66. The first-order valence-electron chi connectivity index (χ1n) is 10.2. The van der Waals surface area contributed by atoms with Gasteiger partial charge >= 0.3 is 6.09 Å². The third-order valence-corrected chi connectivity index (χ3v) is 5.60. The maximum atomic E-state index is 12.6. The fourth-order valence-corrected chi connectivity index (χ4v) is 4.11. The lowest BCUT2D eigenvalue weighted by Gasteiger charge is -2.34. The maximum absolute atomic E-state index is 12.6. The zero-order valence-electron chi connectivity index (χ0n) is 18.3. The Kier molecular flexibility index (Phi) is 9.00. The van der Waals surface area contributed by atoms with Crippen LogP contribution in [0.25, 0.3) is 0 Å². The van der Waals surface area contributed by atoms with Crippen molar-refractivity contribution in [3.05, 3.63) is 24.3 Å². The van der Waals surface area contributed by atoms with Crippen LogP contribution in [0.15, 0.2) is 29.2 Å². The number of carbonyl (C=O) groups is 2. The van der Waals surface area contributed by atoms with Crippen LogP contribution >= 0.6 is 11.8 Å². The molecule has 1 saturated heterocycles. The molecule has 0 spiro atoms. The zero-order valence-corrected chi connectivity index (χ0v) is 19.1. The van der Waals surface area contributed by atoms with Crippen LogP contribution in [0.2, 0.25) is 0 Å². The number of ether oxygens (including phenoxy) is 1. The van der Waals surface area contributed by atoms with Crippen LogP contribution in [-0.2, 0) is 9.53 Å². The van der Waals surface area contributed by atoms with Crippen molar-refractivity contribution < 1.29 is 14.3 Å². The molecule has 0 bridgehead atoms. The quantitative estimate of drug-likeness (QED) is 0.659. The van der Waals surface area contributed by atoms with Gasteiger partial charge in [-0.05, 0) is 58.2 Å². The molecule has 1 fully saturated rings. The van der Waals surface area contributed by atoms with Crippen molar-refractivity contribution in [2.24, 2.45) is 5.92 Å². The lowest BCUT2D eigenvalue weighted by molar-refractivity contribution is -0.117. The molecule has 0 radical (unpaired) electrons. The van der Waals surface area contributed by atoms with Crippen molar-refractivity contribution in [1.29, 1.82) is 5.26 Å². The number of para-hydroxylation sites is 1. The van der Waals surface area contributed by atoms with Gasteiger partial charge in [0.15, 0.2) is 0 Å². The van der Waals surface area contributed by atoms with E-state index in [0.29, 0.717) is 24.8 Å². The minimum atomic E-state index is -0.510. The van der Waals surface area contributed by atoms with Crippen LogP contribution in [0.4, 0.5) is 10.5 Å². The molecule has 164 valence electrons. The largest absolute Gasteiger partial charge is 0.444 e. The molecule has 1 aromatic carbocycles. The van der Waals surface area contributed by atoms with Crippen LogP contribution in [0.3, 0.4) is 0 Å². The predicted molar refractivity (Wildman–Crippen MR) is 119 cm³/mol. The smallest absolute Gasteiger partial charge is 0.410 e. The van der Waals surface area contributed by atoms with Crippen molar-refractivity contribution in [2.75, 3.05) is 44.3 Å². The second kappa shape index (κ2) is 11.2. The van der Waals surface area contributed by atoms with Gasteiger partial charge in [-0.15, -0.1) is 11.8 Å². The highest BCUT2D eigenvalue weighted by Crippen LogP contribution is 2.26. The zero-order chi connectivity index (χ0) is 22.1. The van der Waals surface area contributed by atoms with Gasteiger partial charge in [-0.3, -0.25) is 9.69 Å². The van der Waals surface area contributed by atoms with E-state index in [1.54, 1.807) is 11.9 Å².